The minimum absolute atomic E-state index is 0.682. The summed E-state index contributed by atoms with van der Waals surface area (Å²) in [5.74, 6) is 0.879. The molecule has 78 valence electrons. The Morgan fingerprint density at radius 2 is 2.29 bits per heavy atom. The average Bonchev–Trinajstić information content (AvgIpc) is 2.76. The number of rotatable bonds is 3. The second-order valence-electron chi connectivity index (χ2n) is 4.20. The zero-order valence-corrected chi connectivity index (χ0v) is 9.52. The van der Waals surface area contributed by atoms with Crippen LogP contribution in [0.5, 0.6) is 0 Å². The minimum Gasteiger partial charge on any atom is -0.326 e. The van der Waals surface area contributed by atoms with Gasteiger partial charge in [0.15, 0.2) is 0 Å². The highest BCUT2D eigenvalue weighted by Crippen LogP contribution is 2.22. The van der Waals surface area contributed by atoms with E-state index in [9.17, 15) is 0 Å². The van der Waals surface area contributed by atoms with E-state index in [0.29, 0.717) is 6.54 Å². The van der Waals surface area contributed by atoms with Crippen molar-refractivity contribution in [3.8, 4) is 0 Å². The van der Waals surface area contributed by atoms with Crippen molar-refractivity contribution in [3.63, 3.8) is 0 Å². The molecule has 1 aliphatic rings. The molecule has 0 spiro atoms. The number of nitrogens with two attached hydrogens (primary N) is 1. The van der Waals surface area contributed by atoms with E-state index in [0.717, 1.165) is 12.5 Å². The zero-order chi connectivity index (χ0) is 9.97. The highest BCUT2D eigenvalue weighted by molar-refractivity contribution is 7.11. The summed E-state index contributed by atoms with van der Waals surface area (Å²) in [6.07, 6.45) is 1.36. The van der Waals surface area contributed by atoms with Crippen LogP contribution in [-0.4, -0.2) is 18.0 Å². The summed E-state index contributed by atoms with van der Waals surface area (Å²) < 4.78 is 0. The minimum atomic E-state index is 0.682. The third-order valence-electron chi connectivity index (χ3n) is 2.81. The second-order valence-corrected chi connectivity index (χ2v) is 5.45. The predicted molar refractivity (Wildman–Crippen MR) is 61.3 cm³/mol. The molecule has 2 rings (SSSR count). The van der Waals surface area contributed by atoms with Gasteiger partial charge in [-0.15, -0.1) is 11.3 Å². The van der Waals surface area contributed by atoms with Crippen LogP contribution in [0.4, 0.5) is 0 Å². The average molecular weight is 210 g/mol. The van der Waals surface area contributed by atoms with Crippen LogP contribution in [0.15, 0.2) is 12.1 Å². The van der Waals surface area contributed by atoms with Crippen LogP contribution in [0.25, 0.3) is 0 Å². The van der Waals surface area contributed by atoms with Gasteiger partial charge in [0.25, 0.3) is 0 Å². The quantitative estimate of drug-likeness (QED) is 0.827. The van der Waals surface area contributed by atoms with E-state index in [-0.39, 0.29) is 0 Å². The van der Waals surface area contributed by atoms with Gasteiger partial charge in [-0.05, 0) is 31.0 Å². The molecule has 0 bridgehead atoms. The van der Waals surface area contributed by atoms with Crippen LogP contribution in [-0.2, 0) is 13.1 Å². The van der Waals surface area contributed by atoms with Gasteiger partial charge in [-0.3, -0.25) is 4.90 Å². The third kappa shape index (κ3) is 2.35. The van der Waals surface area contributed by atoms with E-state index < -0.39 is 0 Å². The predicted octanol–water partition coefficient (Wildman–Crippen LogP) is 2.05. The van der Waals surface area contributed by atoms with Crippen molar-refractivity contribution in [2.24, 2.45) is 11.7 Å². The Morgan fingerprint density at radius 1 is 1.50 bits per heavy atom. The van der Waals surface area contributed by atoms with Crippen LogP contribution >= 0.6 is 11.3 Å². The van der Waals surface area contributed by atoms with E-state index in [4.69, 9.17) is 5.73 Å². The van der Waals surface area contributed by atoms with Gasteiger partial charge in [0, 0.05) is 29.4 Å². The summed E-state index contributed by atoms with van der Waals surface area (Å²) in [5, 5.41) is 0. The molecule has 1 saturated heterocycles. The molecule has 1 aromatic heterocycles. The first-order chi connectivity index (χ1) is 6.78. The Hall–Kier alpha value is -0.380. The lowest BCUT2D eigenvalue weighted by Crippen LogP contribution is -2.18. The zero-order valence-electron chi connectivity index (χ0n) is 8.70. The molecule has 0 radical (unpaired) electrons. The second kappa shape index (κ2) is 4.43. The van der Waals surface area contributed by atoms with Gasteiger partial charge in [0.1, 0.15) is 0 Å². The highest BCUT2D eigenvalue weighted by Gasteiger charge is 2.18. The Labute approximate surface area is 89.7 Å². The van der Waals surface area contributed by atoms with Crippen LogP contribution < -0.4 is 5.73 Å². The molecule has 1 aromatic rings. The number of thiophene rings is 1. The number of likely N-dealkylation sites (tertiary alicyclic amines) is 1. The summed E-state index contributed by atoms with van der Waals surface area (Å²) in [7, 11) is 0. The Kier molecular flexibility index (Phi) is 3.21. The van der Waals surface area contributed by atoms with E-state index in [1.807, 2.05) is 11.3 Å². The number of nitrogens with zero attached hydrogens (tertiary/aromatic N) is 1. The fourth-order valence-corrected chi connectivity index (χ4v) is 2.95. The summed E-state index contributed by atoms with van der Waals surface area (Å²) in [6, 6.07) is 4.37. The molecule has 0 aliphatic carbocycles. The fourth-order valence-electron chi connectivity index (χ4n) is 2.01. The number of hydrogen-bond acceptors (Lipinski definition) is 3. The van der Waals surface area contributed by atoms with E-state index in [1.165, 1.54) is 29.3 Å². The largest absolute Gasteiger partial charge is 0.326 e. The van der Waals surface area contributed by atoms with Gasteiger partial charge in [-0.25, -0.2) is 0 Å². The standard InChI is InChI=1S/C11H18N2S/c1-9-4-5-13(7-9)8-11-3-2-10(6-12)14-11/h2-3,9H,4-8,12H2,1H3. The summed E-state index contributed by atoms with van der Waals surface area (Å²) in [4.78, 5) is 5.29. The molecule has 2 heterocycles. The van der Waals surface area contributed by atoms with Gasteiger partial charge in [0.05, 0.1) is 0 Å². The molecule has 0 saturated carbocycles. The molecule has 1 unspecified atom stereocenters. The Balaban J connectivity index is 1.90. The molecule has 1 fully saturated rings. The highest BCUT2D eigenvalue weighted by atomic mass is 32.1. The van der Waals surface area contributed by atoms with Gasteiger partial charge in [-0.1, -0.05) is 6.92 Å². The molecular weight excluding hydrogens is 192 g/mol. The molecular formula is C11H18N2S. The molecule has 3 heteroatoms. The fraction of sp³-hybridized carbons (Fsp3) is 0.636. The number of hydrogen-bond donors (Lipinski definition) is 1. The topological polar surface area (TPSA) is 29.3 Å². The van der Waals surface area contributed by atoms with Crippen molar-refractivity contribution in [3.05, 3.63) is 21.9 Å². The molecule has 1 aliphatic heterocycles. The van der Waals surface area contributed by atoms with Crippen molar-refractivity contribution in [2.45, 2.75) is 26.4 Å². The van der Waals surface area contributed by atoms with Crippen molar-refractivity contribution in [2.75, 3.05) is 13.1 Å². The molecule has 14 heavy (non-hydrogen) atoms. The lowest BCUT2D eigenvalue weighted by Gasteiger charge is -2.13. The monoisotopic (exact) mass is 210 g/mol. The third-order valence-corrected chi connectivity index (χ3v) is 3.90. The first-order valence-corrected chi connectivity index (χ1v) is 6.09. The van der Waals surface area contributed by atoms with E-state index in [2.05, 4.69) is 24.0 Å². The maximum absolute atomic E-state index is 5.59. The summed E-state index contributed by atoms with van der Waals surface area (Å²) in [6.45, 7) is 6.66. The van der Waals surface area contributed by atoms with Crippen molar-refractivity contribution in [1.29, 1.82) is 0 Å². The van der Waals surface area contributed by atoms with Crippen LogP contribution in [0.3, 0.4) is 0 Å². The lowest BCUT2D eigenvalue weighted by atomic mass is 10.2. The molecule has 0 amide bonds. The molecule has 0 aromatic carbocycles. The van der Waals surface area contributed by atoms with Crippen LogP contribution in [0, 0.1) is 5.92 Å². The van der Waals surface area contributed by atoms with Crippen molar-refractivity contribution in [1.82, 2.24) is 4.90 Å². The van der Waals surface area contributed by atoms with E-state index in [1.54, 1.807) is 0 Å². The van der Waals surface area contributed by atoms with Crippen LogP contribution in [0.2, 0.25) is 0 Å². The van der Waals surface area contributed by atoms with Crippen molar-refractivity contribution < 1.29 is 0 Å². The van der Waals surface area contributed by atoms with E-state index >= 15 is 0 Å². The molecule has 2 N–H and O–H groups in total. The van der Waals surface area contributed by atoms with Gasteiger partial charge in [-0.2, -0.15) is 0 Å². The summed E-state index contributed by atoms with van der Waals surface area (Å²) >= 11 is 1.85. The van der Waals surface area contributed by atoms with Crippen LogP contribution in [0.1, 0.15) is 23.1 Å². The maximum Gasteiger partial charge on any atom is 0.0328 e. The maximum atomic E-state index is 5.59. The van der Waals surface area contributed by atoms with Gasteiger partial charge >= 0.3 is 0 Å². The lowest BCUT2D eigenvalue weighted by molar-refractivity contribution is 0.323. The first-order valence-electron chi connectivity index (χ1n) is 5.28. The normalized spacial score (nSPS) is 23.1. The first kappa shape index (κ1) is 10.1. The molecule has 1 atom stereocenters. The Morgan fingerprint density at radius 3 is 2.86 bits per heavy atom. The summed E-state index contributed by atoms with van der Waals surface area (Å²) in [5.41, 5.74) is 5.59. The van der Waals surface area contributed by atoms with Gasteiger partial charge < -0.3 is 5.73 Å². The van der Waals surface area contributed by atoms with Gasteiger partial charge in [0.2, 0.25) is 0 Å². The smallest absolute Gasteiger partial charge is 0.0328 e. The van der Waals surface area contributed by atoms with Crippen molar-refractivity contribution >= 4 is 11.3 Å². The Bertz CT molecular complexity index is 295. The SMILES string of the molecule is CC1CCN(Cc2ccc(CN)s2)C1. The molecule has 2 nitrogen and oxygen atoms in total.